The van der Waals surface area contributed by atoms with E-state index in [4.69, 9.17) is 0 Å². The van der Waals surface area contributed by atoms with Crippen molar-refractivity contribution in [1.29, 1.82) is 0 Å². The summed E-state index contributed by atoms with van der Waals surface area (Å²) < 4.78 is 2.34. The molecule has 11 rings (SSSR count). The molecular weight excluding hydrogens is 701 g/mol. The van der Waals surface area contributed by atoms with E-state index in [1.165, 1.54) is 66.4 Å². The van der Waals surface area contributed by atoms with Crippen LogP contribution in [0, 0.1) is 24.3 Å². The lowest BCUT2D eigenvalue weighted by Gasteiger charge is -2.26. The normalized spacial score (nSPS) is 11.7. The molecule has 0 bridgehead atoms. The first-order valence-corrected chi connectivity index (χ1v) is 19.9. The third-order valence-corrected chi connectivity index (χ3v) is 11.6. The molecule has 270 valence electrons. The second-order valence-electron chi connectivity index (χ2n) is 15.0. The summed E-state index contributed by atoms with van der Waals surface area (Å²) in [6.07, 6.45) is 1.60. The molecule has 0 saturated heterocycles. The maximum absolute atomic E-state index is 3.55. The number of anilines is 3. The van der Waals surface area contributed by atoms with E-state index in [0.29, 0.717) is 0 Å². The lowest BCUT2D eigenvalue weighted by molar-refractivity contribution is 1.15. The summed E-state index contributed by atoms with van der Waals surface area (Å²) in [5.41, 5.74) is 19.2. The molecule has 1 aliphatic rings. The first-order valence-electron chi connectivity index (χ1n) is 19.9. The fourth-order valence-electron chi connectivity index (χ4n) is 9.04. The predicted octanol–water partition coefficient (Wildman–Crippen LogP) is 14.0. The second-order valence-corrected chi connectivity index (χ2v) is 15.0. The van der Waals surface area contributed by atoms with Gasteiger partial charge in [-0.1, -0.05) is 146 Å². The molecule has 2 nitrogen and oxygen atoms in total. The second kappa shape index (κ2) is 14.1. The van der Waals surface area contributed by atoms with Gasteiger partial charge >= 0.3 is 0 Å². The van der Waals surface area contributed by atoms with Crippen LogP contribution in [0.1, 0.15) is 22.3 Å². The number of aromatic nitrogens is 1. The first kappa shape index (κ1) is 33.5. The summed E-state index contributed by atoms with van der Waals surface area (Å²) in [5, 5.41) is 2.44. The van der Waals surface area contributed by atoms with Gasteiger partial charge in [-0.25, -0.2) is 0 Å². The Labute approximate surface area is 339 Å². The molecule has 58 heavy (non-hydrogen) atoms. The zero-order valence-electron chi connectivity index (χ0n) is 31.8. The van der Waals surface area contributed by atoms with E-state index >= 15 is 0 Å². The fourth-order valence-corrected chi connectivity index (χ4v) is 9.04. The van der Waals surface area contributed by atoms with Gasteiger partial charge in [0.1, 0.15) is 0 Å². The van der Waals surface area contributed by atoms with Crippen molar-refractivity contribution in [3.05, 3.63) is 241 Å². The largest absolute Gasteiger partial charge is 0.310 e. The zero-order valence-corrected chi connectivity index (χ0v) is 31.8. The average Bonchev–Trinajstić information content (AvgIpc) is 3.62. The molecule has 0 aliphatic heterocycles. The van der Waals surface area contributed by atoms with E-state index in [9.17, 15) is 0 Å². The molecule has 0 unspecified atom stereocenters. The molecule has 0 spiro atoms. The van der Waals surface area contributed by atoms with Gasteiger partial charge in [0.15, 0.2) is 0 Å². The van der Waals surface area contributed by atoms with E-state index in [2.05, 4.69) is 210 Å². The van der Waals surface area contributed by atoms with Crippen LogP contribution in [-0.4, -0.2) is 4.57 Å². The van der Waals surface area contributed by atoms with Crippen LogP contribution < -0.4 is 4.90 Å². The zero-order chi connectivity index (χ0) is 38.4. The number of fused-ring (bicyclic) bond motifs is 9. The van der Waals surface area contributed by atoms with Crippen LogP contribution in [-0.2, 0) is 12.8 Å². The summed E-state index contributed by atoms with van der Waals surface area (Å²) >= 11 is 0. The average molecular weight is 737 g/mol. The molecular formula is C56H36N2. The topological polar surface area (TPSA) is 8.17 Å². The third kappa shape index (κ3) is 5.71. The molecule has 0 fully saturated rings. The Morgan fingerprint density at radius 2 is 1.09 bits per heavy atom. The molecule has 2 heteroatoms. The van der Waals surface area contributed by atoms with Gasteiger partial charge in [-0.2, -0.15) is 0 Å². The van der Waals surface area contributed by atoms with Crippen molar-refractivity contribution in [2.45, 2.75) is 12.8 Å². The van der Waals surface area contributed by atoms with E-state index < -0.39 is 0 Å². The fraction of sp³-hybridized carbons (Fsp3) is 0.0357. The van der Waals surface area contributed by atoms with Crippen molar-refractivity contribution < 1.29 is 0 Å². The minimum absolute atomic E-state index is 0.778. The number of rotatable bonds is 5. The van der Waals surface area contributed by atoms with Crippen LogP contribution in [0.2, 0.25) is 0 Å². The molecule has 1 heterocycles. The van der Waals surface area contributed by atoms with Gasteiger partial charge in [0, 0.05) is 45.9 Å². The Kier molecular flexibility index (Phi) is 8.13. The highest BCUT2D eigenvalue weighted by atomic mass is 15.1. The minimum atomic E-state index is 0.778. The molecule has 0 N–H and O–H groups in total. The third-order valence-electron chi connectivity index (χ3n) is 11.6. The number of benzene rings is 7. The van der Waals surface area contributed by atoms with Crippen LogP contribution >= 0.6 is 0 Å². The van der Waals surface area contributed by atoms with Crippen molar-refractivity contribution in [2.75, 3.05) is 4.90 Å². The van der Waals surface area contributed by atoms with E-state index in [1.54, 1.807) is 0 Å². The summed E-state index contributed by atoms with van der Waals surface area (Å²) in [6, 6.07) is 83.1. The molecule has 0 radical (unpaired) electrons. The molecule has 0 atom stereocenters. The van der Waals surface area contributed by atoms with Crippen molar-refractivity contribution in [1.82, 2.24) is 4.57 Å². The molecule has 9 aromatic carbocycles. The molecule has 1 aliphatic carbocycles. The number of para-hydroxylation sites is 2. The van der Waals surface area contributed by atoms with Gasteiger partial charge in [0.2, 0.25) is 0 Å². The first-order chi connectivity index (χ1) is 28.8. The summed E-state index contributed by atoms with van der Waals surface area (Å²) in [6.45, 7) is 0. The van der Waals surface area contributed by atoms with E-state index in [-0.39, 0.29) is 0 Å². The Bertz CT molecular complexity index is 3100. The smallest absolute Gasteiger partial charge is 0.0562 e. The highest BCUT2D eigenvalue weighted by molar-refractivity contribution is 6.10. The molecule has 1 aromatic heterocycles. The van der Waals surface area contributed by atoms with Crippen molar-refractivity contribution in [3.8, 4) is 39.1 Å². The van der Waals surface area contributed by atoms with Gasteiger partial charge in [-0.15, -0.1) is 0 Å². The highest BCUT2D eigenvalue weighted by Crippen LogP contribution is 2.43. The van der Waals surface area contributed by atoms with E-state index in [0.717, 1.165) is 46.7 Å². The SMILES string of the molecule is c1ccc(-n2c3ccccc3c3ccc(N(c4ccccc4)c4ccc(-c5cccc6c5-c5ccc#cc5Cc5ccccc5-c5ccccc5C6)cc4)cc32)cc#1. The Morgan fingerprint density at radius 1 is 0.431 bits per heavy atom. The van der Waals surface area contributed by atoms with Crippen LogP contribution in [0.4, 0.5) is 17.1 Å². The van der Waals surface area contributed by atoms with Crippen LogP contribution in [0.3, 0.4) is 0 Å². The van der Waals surface area contributed by atoms with Crippen molar-refractivity contribution in [2.24, 2.45) is 0 Å². The number of hydrogen-bond donors (Lipinski definition) is 0. The Morgan fingerprint density at radius 3 is 1.90 bits per heavy atom. The summed E-state index contributed by atoms with van der Waals surface area (Å²) in [4.78, 5) is 2.36. The van der Waals surface area contributed by atoms with Crippen molar-refractivity contribution >= 4 is 38.9 Å². The number of nitrogens with zero attached hydrogens (tertiary/aromatic N) is 2. The minimum Gasteiger partial charge on any atom is -0.310 e. The summed E-state index contributed by atoms with van der Waals surface area (Å²) in [7, 11) is 0. The van der Waals surface area contributed by atoms with Gasteiger partial charge < -0.3 is 9.47 Å². The quantitative estimate of drug-likeness (QED) is 0.171. The van der Waals surface area contributed by atoms with Crippen LogP contribution in [0.25, 0.3) is 60.9 Å². The predicted molar refractivity (Wildman–Crippen MR) is 239 cm³/mol. The molecule has 0 saturated carbocycles. The Balaban J connectivity index is 1.06. The maximum atomic E-state index is 3.55. The van der Waals surface area contributed by atoms with Gasteiger partial charge in [0.05, 0.1) is 16.7 Å². The van der Waals surface area contributed by atoms with Crippen LogP contribution in [0.5, 0.6) is 0 Å². The number of hydrogen-bond acceptors (Lipinski definition) is 1. The molecule has 10 aromatic rings. The standard InChI is InChI=1S/C56H36N2/c1-3-20-44(21-4-1)57(47-34-35-53-52-27-13-14-29-54(52)58(55(53)38-47)45-22-5-2-6-23-45)46-32-30-39(31-33-46)50-28-15-19-43-37-41-17-8-11-25-49(41)48-24-10-7-16-40(48)36-42-18-9-12-26-51(42)56(43)50/h1,3-5,7-8,10-17,19-35,38H,36-37H2. The van der Waals surface area contributed by atoms with E-state index in [1.807, 2.05) is 18.2 Å². The lowest BCUT2D eigenvalue weighted by atomic mass is 9.82. The van der Waals surface area contributed by atoms with Crippen molar-refractivity contribution in [3.63, 3.8) is 0 Å². The molecule has 0 amide bonds. The van der Waals surface area contributed by atoms with Crippen LogP contribution in [0.15, 0.2) is 194 Å². The Hall–Kier alpha value is -7.78. The monoisotopic (exact) mass is 736 g/mol. The highest BCUT2D eigenvalue weighted by Gasteiger charge is 2.22. The van der Waals surface area contributed by atoms with Gasteiger partial charge in [0.25, 0.3) is 0 Å². The van der Waals surface area contributed by atoms with Gasteiger partial charge in [-0.3, -0.25) is 0 Å². The lowest BCUT2D eigenvalue weighted by Crippen LogP contribution is -2.10. The summed E-state index contributed by atoms with van der Waals surface area (Å²) in [5.74, 6) is 0. The van der Waals surface area contributed by atoms with Gasteiger partial charge in [-0.05, 0) is 123 Å². The maximum Gasteiger partial charge on any atom is 0.0562 e.